The molecule has 0 aromatic carbocycles. The summed E-state index contributed by atoms with van der Waals surface area (Å²) in [6.45, 7) is 5.19. The molecule has 30 heavy (non-hydrogen) atoms. The first-order valence-electron chi connectivity index (χ1n) is 9.72. The van der Waals surface area contributed by atoms with Gasteiger partial charge in [-0.1, -0.05) is 20.3 Å². The first kappa shape index (κ1) is 27.3. The predicted molar refractivity (Wildman–Crippen MR) is 107 cm³/mol. The fourth-order valence-electron chi connectivity index (χ4n) is 2.48. The second-order valence-electron chi connectivity index (χ2n) is 7.35. The molecular formula is C18H33N5O7. The Kier molecular flexibility index (Phi) is 12.3. The Labute approximate surface area is 175 Å². The monoisotopic (exact) mass is 431 g/mol. The van der Waals surface area contributed by atoms with Gasteiger partial charge in [0.15, 0.2) is 0 Å². The highest BCUT2D eigenvalue weighted by atomic mass is 16.4. The first-order chi connectivity index (χ1) is 13.9. The van der Waals surface area contributed by atoms with Gasteiger partial charge in [0.2, 0.25) is 17.7 Å². The summed E-state index contributed by atoms with van der Waals surface area (Å²) >= 11 is 0. The lowest BCUT2D eigenvalue weighted by molar-refractivity contribution is -0.147. The maximum atomic E-state index is 12.5. The van der Waals surface area contributed by atoms with Crippen LogP contribution in [0.4, 0.5) is 0 Å². The molecule has 0 aliphatic heterocycles. The fourth-order valence-corrected chi connectivity index (χ4v) is 2.48. The van der Waals surface area contributed by atoms with Gasteiger partial charge in [-0.25, -0.2) is 4.79 Å². The molecule has 12 heteroatoms. The zero-order chi connectivity index (χ0) is 23.4. The van der Waals surface area contributed by atoms with Crippen molar-refractivity contribution in [3.63, 3.8) is 0 Å². The SMILES string of the molecule is CC(NC(=O)C(NC(=O)C(N)CCCCN)C(C)C)C(=O)NC(CC(=O)O)C(=O)O. The van der Waals surface area contributed by atoms with Crippen LogP contribution >= 0.6 is 0 Å². The van der Waals surface area contributed by atoms with Crippen LogP contribution in [-0.2, 0) is 24.0 Å². The minimum Gasteiger partial charge on any atom is -0.481 e. The molecule has 3 amide bonds. The average molecular weight is 431 g/mol. The van der Waals surface area contributed by atoms with Crippen molar-refractivity contribution < 1.29 is 34.2 Å². The molecule has 0 aromatic rings. The van der Waals surface area contributed by atoms with Crippen molar-refractivity contribution in [1.29, 1.82) is 0 Å². The van der Waals surface area contributed by atoms with Crippen molar-refractivity contribution in [1.82, 2.24) is 16.0 Å². The number of nitrogens with one attached hydrogen (secondary N) is 3. The molecule has 4 unspecified atom stereocenters. The minimum absolute atomic E-state index is 0.320. The second-order valence-corrected chi connectivity index (χ2v) is 7.35. The molecule has 9 N–H and O–H groups in total. The van der Waals surface area contributed by atoms with Gasteiger partial charge in [0.25, 0.3) is 0 Å². The Morgan fingerprint density at radius 3 is 1.93 bits per heavy atom. The van der Waals surface area contributed by atoms with Crippen molar-refractivity contribution in [3.8, 4) is 0 Å². The number of carboxylic acid groups (broad SMARTS) is 2. The molecule has 0 aliphatic carbocycles. The summed E-state index contributed by atoms with van der Waals surface area (Å²) in [6.07, 6.45) is 0.992. The molecule has 172 valence electrons. The van der Waals surface area contributed by atoms with Crippen LogP contribution in [0.2, 0.25) is 0 Å². The van der Waals surface area contributed by atoms with Gasteiger partial charge in [0.05, 0.1) is 12.5 Å². The van der Waals surface area contributed by atoms with E-state index in [2.05, 4.69) is 16.0 Å². The van der Waals surface area contributed by atoms with E-state index in [9.17, 15) is 24.0 Å². The molecule has 0 fully saturated rings. The smallest absolute Gasteiger partial charge is 0.326 e. The maximum absolute atomic E-state index is 12.5. The van der Waals surface area contributed by atoms with E-state index >= 15 is 0 Å². The normalized spacial score (nSPS) is 14.9. The Bertz CT molecular complexity index is 626. The number of carboxylic acids is 2. The van der Waals surface area contributed by atoms with Gasteiger partial charge in [0, 0.05) is 0 Å². The van der Waals surface area contributed by atoms with Crippen LogP contribution < -0.4 is 27.4 Å². The lowest BCUT2D eigenvalue weighted by Crippen LogP contribution is -2.57. The van der Waals surface area contributed by atoms with Gasteiger partial charge in [-0.05, 0) is 32.2 Å². The molecule has 0 spiro atoms. The molecule has 0 saturated carbocycles. The molecule has 0 rings (SSSR count). The third kappa shape index (κ3) is 10.2. The van der Waals surface area contributed by atoms with Crippen molar-refractivity contribution >= 4 is 29.7 Å². The van der Waals surface area contributed by atoms with Gasteiger partial charge in [-0.3, -0.25) is 19.2 Å². The molecule has 0 aromatic heterocycles. The number of aliphatic carboxylic acids is 2. The molecule has 0 bridgehead atoms. The summed E-state index contributed by atoms with van der Waals surface area (Å²) in [5.41, 5.74) is 11.2. The van der Waals surface area contributed by atoms with Crippen molar-refractivity contribution in [3.05, 3.63) is 0 Å². The van der Waals surface area contributed by atoms with Gasteiger partial charge in [-0.15, -0.1) is 0 Å². The van der Waals surface area contributed by atoms with Crippen molar-refractivity contribution in [2.45, 2.75) is 70.6 Å². The van der Waals surface area contributed by atoms with Gasteiger partial charge in [0.1, 0.15) is 18.1 Å². The molecule has 4 atom stereocenters. The number of unbranched alkanes of at least 4 members (excludes halogenated alkanes) is 1. The summed E-state index contributed by atoms with van der Waals surface area (Å²) in [5, 5.41) is 24.7. The molecule has 0 radical (unpaired) electrons. The van der Waals surface area contributed by atoms with Crippen LogP contribution in [0.25, 0.3) is 0 Å². The van der Waals surface area contributed by atoms with Crippen LogP contribution in [0.15, 0.2) is 0 Å². The zero-order valence-electron chi connectivity index (χ0n) is 17.5. The highest BCUT2D eigenvalue weighted by Crippen LogP contribution is 2.05. The Balaban J connectivity index is 4.92. The van der Waals surface area contributed by atoms with Gasteiger partial charge in [-0.2, -0.15) is 0 Å². The lowest BCUT2D eigenvalue weighted by Gasteiger charge is -2.25. The van der Waals surface area contributed by atoms with Crippen molar-refractivity contribution in [2.75, 3.05) is 6.54 Å². The van der Waals surface area contributed by atoms with Gasteiger partial charge >= 0.3 is 11.9 Å². The number of rotatable bonds is 14. The Morgan fingerprint density at radius 2 is 1.47 bits per heavy atom. The summed E-state index contributed by atoms with van der Waals surface area (Å²) in [6, 6.07) is -4.58. The van der Waals surface area contributed by atoms with Crippen LogP contribution in [0.5, 0.6) is 0 Å². The van der Waals surface area contributed by atoms with E-state index in [0.717, 1.165) is 6.42 Å². The number of hydrogen-bond acceptors (Lipinski definition) is 7. The summed E-state index contributed by atoms with van der Waals surface area (Å²) in [4.78, 5) is 58.7. The Hall–Kier alpha value is -2.73. The van der Waals surface area contributed by atoms with Crippen molar-refractivity contribution in [2.24, 2.45) is 17.4 Å². The summed E-state index contributed by atoms with van der Waals surface area (Å²) in [7, 11) is 0. The van der Waals surface area contributed by atoms with Gasteiger partial charge < -0.3 is 37.6 Å². The predicted octanol–water partition coefficient (Wildman–Crippen LogP) is -1.87. The lowest BCUT2D eigenvalue weighted by atomic mass is 10.0. The maximum Gasteiger partial charge on any atom is 0.326 e. The number of hydrogen-bond donors (Lipinski definition) is 7. The van der Waals surface area contributed by atoms with E-state index < -0.39 is 60.2 Å². The van der Waals surface area contributed by atoms with E-state index in [0.29, 0.717) is 19.4 Å². The Morgan fingerprint density at radius 1 is 0.867 bits per heavy atom. The number of carbonyl (C=O) groups is 5. The van der Waals surface area contributed by atoms with E-state index in [-0.39, 0.29) is 5.92 Å². The van der Waals surface area contributed by atoms with Crippen LogP contribution in [0.3, 0.4) is 0 Å². The average Bonchev–Trinajstić information content (AvgIpc) is 2.64. The quantitative estimate of drug-likeness (QED) is 0.153. The fraction of sp³-hybridized carbons (Fsp3) is 0.722. The van der Waals surface area contributed by atoms with E-state index in [1.807, 2.05) is 0 Å². The third-order valence-electron chi connectivity index (χ3n) is 4.30. The topological polar surface area (TPSA) is 214 Å². The van der Waals surface area contributed by atoms with E-state index in [1.165, 1.54) is 6.92 Å². The molecular weight excluding hydrogens is 398 g/mol. The standard InChI is InChI=1S/C18H33N5O7/c1-9(2)14(23-16(27)11(20)6-4-5-7-19)17(28)21-10(3)15(26)22-12(18(29)30)8-13(24)25/h9-12,14H,4-8,19-20H2,1-3H3,(H,21,28)(H,22,26)(H,23,27)(H,24,25)(H,29,30). The molecule has 12 nitrogen and oxygen atoms in total. The first-order valence-corrected chi connectivity index (χ1v) is 9.72. The van der Waals surface area contributed by atoms with Crippen LogP contribution in [0.1, 0.15) is 46.5 Å². The third-order valence-corrected chi connectivity index (χ3v) is 4.30. The number of carbonyl (C=O) groups excluding carboxylic acids is 3. The number of amides is 3. The summed E-state index contributed by atoms with van der Waals surface area (Å²) in [5.74, 6) is -5.26. The molecule has 0 saturated heterocycles. The highest BCUT2D eigenvalue weighted by molar-refractivity contribution is 5.94. The molecule has 0 heterocycles. The number of nitrogens with two attached hydrogens (primary N) is 2. The van der Waals surface area contributed by atoms with E-state index in [1.54, 1.807) is 13.8 Å². The second kappa shape index (κ2) is 13.5. The minimum atomic E-state index is -1.64. The van der Waals surface area contributed by atoms with Crippen LogP contribution in [0, 0.1) is 5.92 Å². The van der Waals surface area contributed by atoms with Crippen LogP contribution in [-0.4, -0.2) is 70.6 Å². The van der Waals surface area contributed by atoms with E-state index in [4.69, 9.17) is 21.7 Å². The zero-order valence-corrected chi connectivity index (χ0v) is 17.5. The molecule has 0 aliphatic rings. The highest BCUT2D eigenvalue weighted by Gasteiger charge is 2.30. The summed E-state index contributed by atoms with van der Waals surface area (Å²) < 4.78 is 0. The largest absolute Gasteiger partial charge is 0.481 e.